The summed E-state index contributed by atoms with van der Waals surface area (Å²) in [6.45, 7) is 4.24. The molecule has 0 radical (unpaired) electrons. The number of thioether (sulfide) groups is 1. The molecule has 0 fully saturated rings. The highest BCUT2D eigenvalue weighted by Gasteiger charge is 2.10. The maximum Gasteiger partial charge on any atom is 0.0952 e. The summed E-state index contributed by atoms with van der Waals surface area (Å²) in [6, 6.07) is 10.4. The second-order valence-corrected chi connectivity index (χ2v) is 5.90. The average molecular weight is 235 g/mol. The molecule has 0 spiro atoms. The third-order valence-corrected chi connectivity index (χ3v) is 4.14. The Labute approximate surface area is 98.6 Å². The summed E-state index contributed by atoms with van der Waals surface area (Å²) in [5, 5.41) is 1.14. The number of nitrogens with zero attached hydrogens (tertiary/aromatic N) is 1. The fraction of sp³-hybridized carbons (Fsp3) is 0.250. The highest BCUT2D eigenvalue weighted by Crippen LogP contribution is 2.35. The van der Waals surface area contributed by atoms with E-state index in [-0.39, 0.29) is 0 Å². The fourth-order valence-electron chi connectivity index (χ4n) is 1.42. The van der Waals surface area contributed by atoms with Crippen LogP contribution in [0.4, 0.5) is 0 Å². The van der Waals surface area contributed by atoms with Crippen LogP contribution in [0.15, 0.2) is 34.5 Å². The highest BCUT2D eigenvalue weighted by molar-refractivity contribution is 8.01. The van der Waals surface area contributed by atoms with Gasteiger partial charge in [0.05, 0.1) is 14.9 Å². The van der Waals surface area contributed by atoms with Crippen molar-refractivity contribution in [1.82, 2.24) is 4.98 Å². The smallest absolute Gasteiger partial charge is 0.0952 e. The van der Waals surface area contributed by atoms with E-state index in [9.17, 15) is 0 Å². The minimum Gasteiger partial charge on any atom is -0.240 e. The number of rotatable bonds is 3. The molecule has 15 heavy (non-hydrogen) atoms. The molecule has 0 atom stereocenters. The number of aryl methyl sites for hydroxylation is 1. The van der Waals surface area contributed by atoms with Gasteiger partial charge in [-0.05, 0) is 12.7 Å². The van der Waals surface area contributed by atoms with Crippen molar-refractivity contribution in [3.8, 4) is 11.3 Å². The van der Waals surface area contributed by atoms with Gasteiger partial charge in [0.2, 0.25) is 0 Å². The van der Waals surface area contributed by atoms with Gasteiger partial charge in [-0.1, -0.05) is 37.3 Å². The quantitative estimate of drug-likeness (QED) is 0.738. The molecule has 3 heteroatoms. The molecule has 0 aliphatic rings. The Kier molecular flexibility index (Phi) is 3.44. The van der Waals surface area contributed by atoms with Gasteiger partial charge >= 0.3 is 0 Å². The van der Waals surface area contributed by atoms with E-state index in [0.717, 1.165) is 16.5 Å². The van der Waals surface area contributed by atoms with Crippen molar-refractivity contribution in [2.75, 3.05) is 5.75 Å². The second-order valence-electron chi connectivity index (χ2n) is 3.17. The van der Waals surface area contributed by atoms with Gasteiger partial charge in [0, 0.05) is 5.56 Å². The number of aromatic nitrogens is 1. The first-order valence-electron chi connectivity index (χ1n) is 4.97. The fourth-order valence-corrected chi connectivity index (χ4v) is 3.59. The lowest BCUT2D eigenvalue weighted by Gasteiger charge is -1.99. The van der Waals surface area contributed by atoms with Crippen LogP contribution in [-0.4, -0.2) is 10.7 Å². The van der Waals surface area contributed by atoms with Crippen LogP contribution < -0.4 is 0 Å². The molecule has 2 aromatic rings. The highest BCUT2D eigenvalue weighted by atomic mass is 32.2. The zero-order valence-corrected chi connectivity index (χ0v) is 10.5. The van der Waals surface area contributed by atoms with Crippen LogP contribution in [0.5, 0.6) is 0 Å². The summed E-state index contributed by atoms with van der Waals surface area (Å²) in [6.07, 6.45) is 0. The molecule has 78 valence electrons. The molecule has 0 amide bonds. The predicted molar refractivity (Wildman–Crippen MR) is 68.7 cm³/mol. The molecule has 0 bridgehead atoms. The Morgan fingerprint density at radius 3 is 2.67 bits per heavy atom. The molecule has 0 unspecified atom stereocenters. The Morgan fingerprint density at radius 1 is 1.27 bits per heavy atom. The summed E-state index contributed by atoms with van der Waals surface area (Å²) >= 11 is 3.66. The van der Waals surface area contributed by atoms with Crippen LogP contribution in [0.25, 0.3) is 11.3 Å². The van der Waals surface area contributed by atoms with Crippen LogP contribution in [0.1, 0.15) is 11.9 Å². The van der Waals surface area contributed by atoms with E-state index in [1.165, 1.54) is 9.77 Å². The molecule has 0 saturated heterocycles. The minimum atomic E-state index is 1.10. The van der Waals surface area contributed by atoms with Crippen molar-refractivity contribution in [3.05, 3.63) is 35.3 Å². The van der Waals surface area contributed by atoms with Gasteiger partial charge in [-0.15, -0.1) is 23.1 Å². The molecular weight excluding hydrogens is 222 g/mol. The molecule has 2 rings (SSSR count). The van der Waals surface area contributed by atoms with E-state index in [1.54, 1.807) is 11.3 Å². The molecule has 0 aliphatic heterocycles. The summed E-state index contributed by atoms with van der Waals surface area (Å²) in [4.78, 5) is 4.60. The predicted octanol–water partition coefficient (Wildman–Crippen LogP) is 4.23. The average Bonchev–Trinajstić information content (AvgIpc) is 2.62. The molecular formula is C12H13NS2. The van der Waals surface area contributed by atoms with Crippen LogP contribution in [0, 0.1) is 6.92 Å². The third kappa shape index (κ3) is 2.41. The summed E-state index contributed by atoms with van der Waals surface area (Å²) in [5.41, 5.74) is 2.36. The number of thiazole rings is 1. The molecule has 0 aliphatic carbocycles. The maximum absolute atomic E-state index is 4.60. The topological polar surface area (TPSA) is 12.9 Å². The molecule has 0 N–H and O–H groups in total. The van der Waals surface area contributed by atoms with Crippen molar-refractivity contribution in [2.45, 2.75) is 18.1 Å². The van der Waals surface area contributed by atoms with Crippen molar-refractivity contribution < 1.29 is 0 Å². The first-order chi connectivity index (χ1) is 7.31. The van der Waals surface area contributed by atoms with Gasteiger partial charge in [-0.3, -0.25) is 0 Å². The van der Waals surface area contributed by atoms with Crippen LogP contribution in [0.2, 0.25) is 0 Å². The monoisotopic (exact) mass is 235 g/mol. The standard InChI is InChI=1S/C12H13NS2/c1-3-14-12-11(13-9(2)15-12)10-7-5-4-6-8-10/h4-8H,3H2,1-2H3. The van der Waals surface area contributed by atoms with Crippen molar-refractivity contribution in [2.24, 2.45) is 0 Å². The maximum atomic E-state index is 4.60. The van der Waals surface area contributed by atoms with Crippen LogP contribution in [0.3, 0.4) is 0 Å². The van der Waals surface area contributed by atoms with E-state index in [2.05, 4.69) is 43.1 Å². The van der Waals surface area contributed by atoms with Crippen molar-refractivity contribution in [3.63, 3.8) is 0 Å². The Hall–Kier alpha value is -0.800. The molecule has 1 aromatic carbocycles. The lowest BCUT2D eigenvalue weighted by molar-refractivity contribution is 1.28. The van der Waals surface area contributed by atoms with E-state index >= 15 is 0 Å². The first kappa shape index (κ1) is 10.7. The normalized spacial score (nSPS) is 10.5. The Morgan fingerprint density at radius 2 is 2.00 bits per heavy atom. The largest absolute Gasteiger partial charge is 0.240 e. The van der Waals surface area contributed by atoms with Gasteiger partial charge in [0.25, 0.3) is 0 Å². The van der Waals surface area contributed by atoms with Crippen molar-refractivity contribution >= 4 is 23.1 Å². The number of benzene rings is 1. The lowest BCUT2D eigenvalue weighted by Crippen LogP contribution is -1.79. The number of hydrogen-bond donors (Lipinski definition) is 0. The second kappa shape index (κ2) is 4.81. The number of hydrogen-bond acceptors (Lipinski definition) is 3. The van der Waals surface area contributed by atoms with Crippen molar-refractivity contribution in [1.29, 1.82) is 0 Å². The van der Waals surface area contributed by atoms with E-state index < -0.39 is 0 Å². The van der Waals surface area contributed by atoms with Crippen LogP contribution in [-0.2, 0) is 0 Å². The first-order valence-corrected chi connectivity index (χ1v) is 6.77. The summed E-state index contributed by atoms with van der Waals surface area (Å²) in [5.74, 6) is 1.10. The van der Waals surface area contributed by atoms with Gasteiger partial charge < -0.3 is 0 Å². The van der Waals surface area contributed by atoms with Crippen LogP contribution >= 0.6 is 23.1 Å². The lowest BCUT2D eigenvalue weighted by atomic mass is 10.2. The Balaban J connectivity index is 2.43. The molecule has 0 saturated carbocycles. The molecule has 1 aromatic heterocycles. The van der Waals surface area contributed by atoms with Gasteiger partial charge in [-0.2, -0.15) is 0 Å². The zero-order valence-electron chi connectivity index (χ0n) is 8.86. The zero-order chi connectivity index (χ0) is 10.7. The summed E-state index contributed by atoms with van der Waals surface area (Å²) in [7, 11) is 0. The SMILES string of the molecule is CCSc1sc(C)nc1-c1ccccc1. The minimum absolute atomic E-state index is 1.10. The van der Waals surface area contributed by atoms with E-state index in [0.29, 0.717) is 0 Å². The molecule has 1 heterocycles. The Bertz CT molecular complexity index is 434. The van der Waals surface area contributed by atoms with Gasteiger partial charge in [0.1, 0.15) is 0 Å². The van der Waals surface area contributed by atoms with Gasteiger partial charge in [-0.25, -0.2) is 4.98 Å². The molecule has 1 nitrogen and oxygen atoms in total. The van der Waals surface area contributed by atoms with E-state index in [4.69, 9.17) is 0 Å². The third-order valence-electron chi connectivity index (χ3n) is 2.03. The summed E-state index contributed by atoms with van der Waals surface area (Å²) < 4.78 is 1.33. The van der Waals surface area contributed by atoms with Gasteiger partial charge in [0.15, 0.2) is 0 Å². The van der Waals surface area contributed by atoms with E-state index in [1.807, 2.05) is 17.8 Å².